The van der Waals surface area contributed by atoms with Crippen LogP contribution in [0.5, 0.6) is 0 Å². The van der Waals surface area contributed by atoms with Crippen LogP contribution in [0.25, 0.3) is 0 Å². The smallest absolute Gasteiger partial charge is 0.210 e. The van der Waals surface area contributed by atoms with Crippen LogP contribution in [0.15, 0.2) is 42.0 Å². The Morgan fingerprint density at radius 1 is 1.12 bits per heavy atom. The number of rotatable bonds is 3. The molecular weight excluding hydrogens is 282 g/mol. The Labute approximate surface area is 114 Å². The molecule has 0 aliphatic heterocycles. The fourth-order valence-electron chi connectivity index (χ4n) is 1.24. The number of alkyl halides is 3. The largest absolute Gasteiger partial charge is 0.294 e. The van der Waals surface area contributed by atoms with Crippen LogP contribution in [-0.4, -0.2) is 15.4 Å². The van der Waals surface area contributed by atoms with E-state index in [1.165, 1.54) is 6.92 Å². The highest BCUT2D eigenvalue weighted by molar-refractivity contribution is 6.69. The van der Waals surface area contributed by atoms with Crippen LogP contribution in [-0.2, 0) is 4.79 Å². The molecule has 0 bridgehead atoms. The van der Waals surface area contributed by atoms with Crippen molar-refractivity contribution in [3.05, 3.63) is 47.5 Å². The molecular formula is C12H9Cl3O2. The van der Waals surface area contributed by atoms with Crippen LogP contribution >= 0.6 is 34.8 Å². The number of carbonyl (C=O) groups is 2. The average molecular weight is 292 g/mol. The minimum Gasteiger partial charge on any atom is -0.294 e. The number of halogens is 3. The second-order valence-corrected chi connectivity index (χ2v) is 5.72. The summed E-state index contributed by atoms with van der Waals surface area (Å²) in [7, 11) is 0. The van der Waals surface area contributed by atoms with E-state index in [2.05, 4.69) is 0 Å². The van der Waals surface area contributed by atoms with E-state index in [1.807, 2.05) is 0 Å². The predicted octanol–water partition coefficient (Wildman–Crippen LogP) is 3.75. The van der Waals surface area contributed by atoms with E-state index in [4.69, 9.17) is 34.8 Å². The Balaban J connectivity index is 3.15. The zero-order valence-electron chi connectivity index (χ0n) is 8.91. The topological polar surface area (TPSA) is 34.1 Å². The van der Waals surface area contributed by atoms with Crippen molar-refractivity contribution in [1.82, 2.24) is 0 Å². The van der Waals surface area contributed by atoms with Gasteiger partial charge in [-0.1, -0.05) is 65.1 Å². The summed E-state index contributed by atoms with van der Waals surface area (Å²) >= 11 is 16.7. The Morgan fingerprint density at radius 3 is 2.06 bits per heavy atom. The molecule has 17 heavy (non-hydrogen) atoms. The van der Waals surface area contributed by atoms with Crippen LogP contribution in [0.1, 0.15) is 17.3 Å². The summed E-state index contributed by atoms with van der Waals surface area (Å²) in [5.41, 5.74) is 0.249. The van der Waals surface area contributed by atoms with Gasteiger partial charge in [-0.25, -0.2) is 0 Å². The quantitative estimate of drug-likeness (QED) is 0.279. The monoisotopic (exact) mass is 290 g/mol. The highest BCUT2D eigenvalue weighted by Gasteiger charge is 2.23. The molecule has 0 amide bonds. The van der Waals surface area contributed by atoms with Gasteiger partial charge in [-0.2, -0.15) is 0 Å². The maximum atomic E-state index is 12.0. The molecule has 0 atom stereocenters. The molecule has 0 heterocycles. The fraction of sp³-hybridized carbons (Fsp3) is 0.167. The van der Waals surface area contributed by atoms with Gasteiger partial charge in [-0.3, -0.25) is 9.59 Å². The molecule has 1 aromatic carbocycles. The van der Waals surface area contributed by atoms with Gasteiger partial charge in [0.1, 0.15) is 0 Å². The average Bonchev–Trinajstić information content (AvgIpc) is 2.25. The van der Waals surface area contributed by atoms with Crippen molar-refractivity contribution in [2.75, 3.05) is 0 Å². The molecule has 0 N–H and O–H groups in total. The van der Waals surface area contributed by atoms with E-state index in [0.717, 1.165) is 6.08 Å². The molecule has 0 aromatic heterocycles. The van der Waals surface area contributed by atoms with Crippen molar-refractivity contribution >= 4 is 46.4 Å². The van der Waals surface area contributed by atoms with Gasteiger partial charge in [0.05, 0.1) is 5.57 Å². The zero-order valence-corrected chi connectivity index (χ0v) is 11.2. The number of benzene rings is 1. The molecule has 0 spiro atoms. The number of Topliss-reactive ketones (excluding diaryl/α,β-unsaturated/α-hetero) is 2. The van der Waals surface area contributed by atoms with Crippen molar-refractivity contribution in [3.63, 3.8) is 0 Å². The number of hydrogen-bond acceptors (Lipinski definition) is 2. The van der Waals surface area contributed by atoms with E-state index in [1.54, 1.807) is 30.3 Å². The van der Waals surface area contributed by atoms with E-state index < -0.39 is 15.4 Å². The van der Waals surface area contributed by atoms with Gasteiger partial charge < -0.3 is 0 Å². The molecule has 2 nitrogen and oxygen atoms in total. The lowest BCUT2D eigenvalue weighted by atomic mass is 10.0. The number of carbonyl (C=O) groups excluding carboxylic acids is 2. The van der Waals surface area contributed by atoms with Crippen LogP contribution in [0.4, 0.5) is 0 Å². The van der Waals surface area contributed by atoms with Crippen molar-refractivity contribution in [2.24, 2.45) is 0 Å². The van der Waals surface area contributed by atoms with Gasteiger partial charge in [-0.15, -0.1) is 0 Å². The summed E-state index contributed by atoms with van der Waals surface area (Å²) in [6.45, 7) is 1.25. The maximum Gasteiger partial charge on any atom is 0.210 e. The predicted molar refractivity (Wildman–Crippen MR) is 69.8 cm³/mol. The second kappa shape index (κ2) is 5.67. The molecule has 0 radical (unpaired) electrons. The van der Waals surface area contributed by atoms with E-state index in [-0.39, 0.29) is 5.57 Å². The van der Waals surface area contributed by atoms with Gasteiger partial charge in [0, 0.05) is 5.56 Å². The number of ketones is 2. The molecule has 0 unspecified atom stereocenters. The van der Waals surface area contributed by atoms with Crippen LogP contribution in [0, 0.1) is 0 Å². The normalized spacial score (nSPS) is 12.4. The van der Waals surface area contributed by atoms with E-state index in [0.29, 0.717) is 5.56 Å². The highest BCUT2D eigenvalue weighted by Crippen LogP contribution is 2.29. The Bertz CT molecular complexity index is 458. The summed E-state index contributed by atoms with van der Waals surface area (Å²) < 4.78 is -1.77. The standard InChI is InChI=1S/C12H9Cl3O2/c1-8(16)10(7-12(13,14)15)11(17)9-5-3-2-4-6-9/h2-7H,1H3/b10-7+. The first-order chi connectivity index (χ1) is 7.81. The molecule has 1 rings (SSSR count). The first kappa shape index (κ1) is 14.2. The molecule has 5 heteroatoms. The summed E-state index contributed by atoms with van der Waals surface area (Å²) in [5.74, 6) is -0.894. The minimum absolute atomic E-state index is 0.129. The molecule has 0 saturated carbocycles. The van der Waals surface area contributed by atoms with Crippen molar-refractivity contribution in [1.29, 1.82) is 0 Å². The third kappa shape index (κ3) is 4.50. The molecule has 90 valence electrons. The Hall–Kier alpha value is -0.830. The second-order valence-electron chi connectivity index (χ2n) is 3.35. The highest BCUT2D eigenvalue weighted by atomic mass is 35.6. The van der Waals surface area contributed by atoms with Gasteiger partial charge in [0.25, 0.3) is 0 Å². The lowest BCUT2D eigenvalue weighted by Crippen LogP contribution is -2.14. The fourth-order valence-corrected chi connectivity index (χ4v) is 1.56. The molecule has 0 aliphatic carbocycles. The van der Waals surface area contributed by atoms with Crippen LogP contribution < -0.4 is 0 Å². The van der Waals surface area contributed by atoms with Crippen molar-refractivity contribution < 1.29 is 9.59 Å². The third-order valence-electron chi connectivity index (χ3n) is 1.97. The third-order valence-corrected chi connectivity index (χ3v) is 2.30. The van der Waals surface area contributed by atoms with Crippen LogP contribution in [0.3, 0.4) is 0 Å². The van der Waals surface area contributed by atoms with E-state index in [9.17, 15) is 9.59 Å². The summed E-state index contributed by atoms with van der Waals surface area (Å²) in [5, 5.41) is 0. The van der Waals surface area contributed by atoms with Gasteiger partial charge in [0.15, 0.2) is 11.6 Å². The molecule has 0 aliphatic rings. The first-order valence-corrected chi connectivity index (χ1v) is 5.85. The first-order valence-electron chi connectivity index (χ1n) is 4.71. The molecule has 0 fully saturated rings. The number of hydrogen-bond donors (Lipinski definition) is 0. The summed E-state index contributed by atoms with van der Waals surface area (Å²) in [4.78, 5) is 23.4. The van der Waals surface area contributed by atoms with Gasteiger partial charge in [-0.05, 0) is 13.0 Å². The molecule has 1 aromatic rings. The lowest BCUT2D eigenvalue weighted by molar-refractivity contribution is -0.113. The summed E-state index contributed by atoms with van der Waals surface area (Å²) in [6, 6.07) is 8.35. The lowest BCUT2D eigenvalue weighted by Gasteiger charge is -2.08. The minimum atomic E-state index is -1.77. The maximum absolute atomic E-state index is 12.0. The SMILES string of the molecule is CC(=O)/C(=C\C(Cl)(Cl)Cl)C(=O)c1ccccc1. The van der Waals surface area contributed by atoms with Gasteiger partial charge >= 0.3 is 0 Å². The van der Waals surface area contributed by atoms with Crippen molar-refractivity contribution in [2.45, 2.75) is 10.7 Å². The van der Waals surface area contributed by atoms with Crippen molar-refractivity contribution in [3.8, 4) is 0 Å². The molecule has 0 saturated heterocycles. The Kier molecular flexibility index (Phi) is 4.75. The number of allylic oxidation sites excluding steroid dienone is 2. The Morgan fingerprint density at radius 2 is 1.65 bits per heavy atom. The zero-order chi connectivity index (χ0) is 13.1. The summed E-state index contributed by atoms with van der Waals surface area (Å²) in [6.07, 6.45) is 1.04. The van der Waals surface area contributed by atoms with Crippen LogP contribution in [0.2, 0.25) is 0 Å². The van der Waals surface area contributed by atoms with Gasteiger partial charge in [0.2, 0.25) is 3.79 Å². The van der Waals surface area contributed by atoms with E-state index >= 15 is 0 Å².